The van der Waals surface area contributed by atoms with Crippen molar-refractivity contribution in [1.82, 2.24) is 9.55 Å². The average molecular weight is 358 g/mol. The summed E-state index contributed by atoms with van der Waals surface area (Å²) in [6, 6.07) is 12.7. The van der Waals surface area contributed by atoms with E-state index in [0.29, 0.717) is 17.9 Å². The molecule has 0 radical (unpaired) electrons. The Morgan fingerprint density at radius 1 is 1.04 bits per heavy atom. The van der Waals surface area contributed by atoms with Crippen LogP contribution in [0.25, 0.3) is 0 Å². The van der Waals surface area contributed by atoms with Crippen molar-refractivity contribution in [3.63, 3.8) is 0 Å². The van der Waals surface area contributed by atoms with Gasteiger partial charge in [-0.3, -0.25) is 5.41 Å². The molecule has 0 saturated carbocycles. The first-order valence-corrected chi connectivity index (χ1v) is 7.93. The Labute approximate surface area is 148 Å². The molecule has 1 aromatic heterocycles. The number of hydrogen-bond acceptors (Lipinski definition) is 2. The Kier molecular flexibility index (Phi) is 4.79. The molecule has 2 aromatic carbocycles. The standard InChI is InChI=1S/C19H17F3N4/c20-19(21,22)16-8-4-2-5-13(16)11-17-25-9-10-26(17)12-14-6-1-3-7-15(14)18(23)24/h1-10H,11-12H2,(H3,23,24). The maximum absolute atomic E-state index is 13.2. The van der Waals surface area contributed by atoms with Gasteiger partial charge in [0.1, 0.15) is 11.7 Å². The van der Waals surface area contributed by atoms with E-state index in [1.165, 1.54) is 12.1 Å². The lowest BCUT2D eigenvalue weighted by Crippen LogP contribution is -2.16. The van der Waals surface area contributed by atoms with E-state index in [0.717, 1.165) is 11.6 Å². The lowest BCUT2D eigenvalue weighted by molar-refractivity contribution is -0.138. The van der Waals surface area contributed by atoms with E-state index >= 15 is 0 Å². The Morgan fingerprint density at radius 3 is 2.38 bits per heavy atom. The molecule has 0 unspecified atom stereocenters. The minimum atomic E-state index is -4.41. The molecule has 0 aliphatic rings. The second-order valence-corrected chi connectivity index (χ2v) is 5.87. The third-order valence-corrected chi connectivity index (χ3v) is 4.12. The number of amidine groups is 1. The smallest absolute Gasteiger partial charge is 0.384 e. The van der Waals surface area contributed by atoms with Crippen LogP contribution in [-0.2, 0) is 19.1 Å². The molecule has 0 aliphatic carbocycles. The van der Waals surface area contributed by atoms with Gasteiger partial charge in [-0.05, 0) is 17.2 Å². The zero-order valence-corrected chi connectivity index (χ0v) is 13.8. The van der Waals surface area contributed by atoms with E-state index in [1.54, 1.807) is 35.2 Å². The molecule has 4 nitrogen and oxygen atoms in total. The molecule has 3 aromatic rings. The summed E-state index contributed by atoms with van der Waals surface area (Å²) in [7, 11) is 0. The molecule has 0 atom stereocenters. The molecule has 0 saturated heterocycles. The van der Waals surface area contributed by atoms with Crippen molar-refractivity contribution >= 4 is 5.84 Å². The van der Waals surface area contributed by atoms with Crippen LogP contribution in [0.15, 0.2) is 60.9 Å². The highest BCUT2D eigenvalue weighted by Gasteiger charge is 2.33. The summed E-state index contributed by atoms with van der Waals surface area (Å²) < 4.78 is 41.4. The van der Waals surface area contributed by atoms with Crippen LogP contribution in [0.3, 0.4) is 0 Å². The number of hydrogen-bond donors (Lipinski definition) is 2. The van der Waals surface area contributed by atoms with Crippen molar-refractivity contribution in [1.29, 1.82) is 5.41 Å². The molecule has 3 rings (SSSR count). The number of halogens is 3. The van der Waals surface area contributed by atoms with Gasteiger partial charge in [0.15, 0.2) is 0 Å². The second kappa shape index (κ2) is 7.03. The van der Waals surface area contributed by atoms with E-state index in [2.05, 4.69) is 4.98 Å². The minimum Gasteiger partial charge on any atom is -0.384 e. The van der Waals surface area contributed by atoms with Crippen LogP contribution in [0.4, 0.5) is 13.2 Å². The Hall–Kier alpha value is -3.09. The van der Waals surface area contributed by atoms with Gasteiger partial charge < -0.3 is 10.3 Å². The SMILES string of the molecule is N=C(N)c1ccccc1Cn1ccnc1Cc1ccccc1C(F)(F)F. The maximum atomic E-state index is 13.2. The first-order valence-electron chi connectivity index (χ1n) is 7.93. The zero-order chi connectivity index (χ0) is 18.7. The van der Waals surface area contributed by atoms with Gasteiger partial charge >= 0.3 is 6.18 Å². The van der Waals surface area contributed by atoms with Gasteiger partial charge in [-0.1, -0.05) is 42.5 Å². The summed E-state index contributed by atoms with van der Waals surface area (Å²) in [6.07, 6.45) is -1.08. The van der Waals surface area contributed by atoms with Gasteiger partial charge in [0.25, 0.3) is 0 Å². The molecule has 3 N–H and O–H groups in total. The summed E-state index contributed by atoms with van der Waals surface area (Å²) in [4.78, 5) is 4.22. The molecule has 0 bridgehead atoms. The highest BCUT2D eigenvalue weighted by atomic mass is 19.4. The Balaban J connectivity index is 1.91. The molecule has 0 fully saturated rings. The highest BCUT2D eigenvalue weighted by molar-refractivity contribution is 5.96. The van der Waals surface area contributed by atoms with Crippen LogP contribution in [0, 0.1) is 5.41 Å². The monoisotopic (exact) mass is 358 g/mol. The van der Waals surface area contributed by atoms with E-state index in [4.69, 9.17) is 11.1 Å². The molecule has 0 aliphatic heterocycles. The van der Waals surface area contributed by atoms with Gasteiger partial charge in [0.05, 0.1) is 5.56 Å². The number of alkyl halides is 3. The van der Waals surface area contributed by atoms with Gasteiger partial charge in [-0.15, -0.1) is 0 Å². The summed E-state index contributed by atoms with van der Waals surface area (Å²) in [5.74, 6) is 0.463. The molecular weight excluding hydrogens is 341 g/mol. The van der Waals surface area contributed by atoms with E-state index in [-0.39, 0.29) is 17.8 Å². The lowest BCUT2D eigenvalue weighted by atomic mass is 10.0. The number of nitrogens with zero attached hydrogens (tertiary/aromatic N) is 2. The first kappa shape index (κ1) is 17.7. The quantitative estimate of drug-likeness (QED) is 0.538. The second-order valence-electron chi connectivity index (χ2n) is 5.87. The number of nitrogens with two attached hydrogens (primary N) is 1. The predicted octanol–water partition coefficient (Wildman–Crippen LogP) is 3.83. The van der Waals surface area contributed by atoms with Crippen LogP contribution >= 0.6 is 0 Å². The van der Waals surface area contributed by atoms with Crippen molar-refractivity contribution in [2.24, 2.45) is 5.73 Å². The van der Waals surface area contributed by atoms with Crippen LogP contribution in [0.2, 0.25) is 0 Å². The number of nitrogens with one attached hydrogen (secondary N) is 1. The third-order valence-electron chi connectivity index (χ3n) is 4.12. The lowest BCUT2D eigenvalue weighted by Gasteiger charge is -2.14. The van der Waals surface area contributed by atoms with Crippen LogP contribution < -0.4 is 5.73 Å². The number of aromatic nitrogens is 2. The van der Waals surface area contributed by atoms with Gasteiger partial charge in [-0.25, -0.2) is 4.98 Å². The van der Waals surface area contributed by atoms with Gasteiger partial charge in [0, 0.05) is 30.9 Å². The number of rotatable bonds is 5. The predicted molar refractivity (Wildman–Crippen MR) is 93.0 cm³/mol. The van der Waals surface area contributed by atoms with E-state index < -0.39 is 11.7 Å². The van der Waals surface area contributed by atoms with E-state index in [1.807, 2.05) is 12.1 Å². The van der Waals surface area contributed by atoms with Crippen molar-refractivity contribution in [2.45, 2.75) is 19.1 Å². The van der Waals surface area contributed by atoms with Crippen LogP contribution in [0.1, 0.15) is 28.1 Å². The molecular formula is C19H17F3N4. The normalized spacial score (nSPS) is 11.5. The Bertz CT molecular complexity index is 928. The third kappa shape index (κ3) is 3.77. The number of imidazole rings is 1. The minimum absolute atomic E-state index is 0.0512. The van der Waals surface area contributed by atoms with Gasteiger partial charge in [0.2, 0.25) is 0 Å². The van der Waals surface area contributed by atoms with Crippen LogP contribution in [-0.4, -0.2) is 15.4 Å². The molecule has 7 heteroatoms. The van der Waals surface area contributed by atoms with E-state index in [9.17, 15) is 13.2 Å². The molecule has 0 amide bonds. The summed E-state index contributed by atoms with van der Waals surface area (Å²) in [5.41, 5.74) is 6.53. The summed E-state index contributed by atoms with van der Waals surface area (Å²) >= 11 is 0. The molecule has 1 heterocycles. The van der Waals surface area contributed by atoms with Crippen molar-refractivity contribution in [2.75, 3.05) is 0 Å². The fourth-order valence-electron chi connectivity index (χ4n) is 2.88. The van der Waals surface area contributed by atoms with Crippen molar-refractivity contribution < 1.29 is 13.2 Å². The van der Waals surface area contributed by atoms with Crippen LogP contribution in [0.5, 0.6) is 0 Å². The average Bonchev–Trinajstić information content (AvgIpc) is 3.01. The fraction of sp³-hybridized carbons (Fsp3) is 0.158. The maximum Gasteiger partial charge on any atom is 0.416 e. The summed E-state index contributed by atoms with van der Waals surface area (Å²) in [5, 5.41) is 7.66. The number of benzene rings is 2. The van der Waals surface area contributed by atoms with Gasteiger partial charge in [-0.2, -0.15) is 13.2 Å². The number of nitrogen functional groups attached to an aromatic ring is 1. The molecule has 26 heavy (non-hydrogen) atoms. The Morgan fingerprint density at radius 2 is 1.69 bits per heavy atom. The topological polar surface area (TPSA) is 67.7 Å². The molecule has 0 spiro atoms. The van der Waals surface area contributed by atoms with Crippen molar-refractivity contribution in [3.8, 4) is 0 Å². The first-order chi connectivity index (χ1) is 12.4. The molecule has 134 valence electrons. The highest BCUT2D eigenvalue weighted by Crippen LogP contribution is 2.32. The summed E-state index contributed by atoms with van der Waals surface area (Å²) in [6.45, 7) is 0.374. The van der Waals surface area contributed by atoms with Crippen molar-refractivity contribution in [3.05, 3.63) is 89.0 Å². The fourth-order valence-corrected chi connectivity index (χ4v) is 2.88. The zero-order valence-electron chi connectivity index (χ0n) is 13.8. The largest absolute Gasteiger partial charge is 0.416 e.